The van der Waals surface area contributed by atoms with Crippen LogP contribution in [0.2, 0.25) is 0 Å². The highest BCUT2D eigenvalue weighted by Crippen LogP contribution is 2.13. The van der Waals surface area contributed by atoms with Crippen molar-refractivity contribution in [3.05, 3.63) is 22.4 Å². The van der Waals surface area contributed by atoms with Gasteiger partial charge in [-0.2, -0.15) is 0 Å². The number of rotatable bonds is 10. The number of carbonyl (C=O) groups excluding carboxylic acids is 1. The normalized spacial score (nSPS) is 10.4. The summed E-state index contributed by atoms with van der Waals surface area (Å²) in [6.45, 7) is 0.528. The summed E-state index contributed by atoms with van der Waals surface area (Å²) in [5.41, 5.74) is 0. The van der Waals surface area contributed by atoms with Gasteiger partial charge in [-0.15, -0.1) is 11.3 Å². The fourth-order valence-corrected chi connectivity index (χ4v) is 2.74. The number of carboxylic acids is 1. The molecule has 0 aliphatic carbocycles. The standard InChI is InChI=1S/C15H23NO3S/c1-16(11-5-10-15(18)19)14(17)9-4-2-3-7-13-8-6-12-20-13/h6,8,12H,2-5,7,9-11H2,1H3,(H,18,19). The van der Waals surface area contributed by atoms with Gasteiger partial charge in [0.15, 0.2) is 0 Å². The van der Waals surface area contributed by atoms with Crippen molar-refractivity contribution in [1.82, 2.24) is 4.90 Å². The molecule has 0 aliphatic heterocycles. The summed E-state index contributed by atoms with van der Waals surface area (Å²) in [5, 5.41) is 10.6. The fraction of sp³-hybridized carbons (Fsp3) is 0.600. The van der Waals surface area contributed by atoms with Gasteiger partial charge in [0.2, 0.25) is 5.91 Å². The minimum Gasteiger partial charge on any atom is -0.481 e. The highest BCUT2D eigenvalue weighted by molar-refractivity contribution is 7.09. The molecule has 20 heavy (non-hydrogen) atoms. The van der Waals surface area contributed by atoms with E-state index in [1.165, 1.54) is 4.88 Å². The van der Waals surface area contributed by atoms with Crippen LogP contribution in [0.15, 0.2) is 17.5 Å². The van der Waals surface area contributed by atoms with Gasteiger partial charge in [-0.25, -0.2) is 0 Å². The van der Waals surface area contributed by atoms with E-state index in [0.29, 0.717) is 19.4 Å². The number of amides is 1. The van der Waals surface area contributed by atoms with Crippen LogP contribution < -0.4 is 0 Å². The number of nitrogens with zero attached hydrogens (tertiary/aromatic N) is 1. The van der Waals surface area contributed by atoms with Crippen molar-refractivity contribution in [2.75, 3.05) is 13.6 Å². The molecule has 1 aromatic heterocycles. The van der Waals surface area contributed by atoms with Crippen LogP contribution in [0.5, 0.6) is 0 Å². The number of carbonyl (C=O) groups is 2. The monoisotopic (exact) mass is 297 g/mol. The lowest BCUT2D eigenvalue weighted by atomic mass is 10.1. The van der Waals surface area contributed by atoms with E-state index in [4.69, 9.17) is 5.11 Å². The SMILES string of the molecule is CN(CCCC(=O)O)C(=O)CCCCCc1cccs1. The Kier molecular flexibility index (Phi) is 7.95. The highest BCUT2D eigenvalue weighted by Gasteiger charge is 2.08. The molecule has 0 radical (unpaired) electrons. The van der Waals surface area contributed by atoms with Gasteiger partial charge in [0, 0.05) is 31.3 Å². The molecule has 112 valence electrons. The first kappa shape index (κ1) is 16.7. The molecule has 1 heterocycles. The molecule has 1 N–H and O–H groups in total. The maximum Gasteiger partial charge on any atom is 0.303 e. The Bertz CT molecular complexity index is 403. The predicted octanol–water partition coefficient (Wildman–Crippen LogP) is 3.17. The Morgan fingerprint density at radius 1 is 1.20 bits per heavy atom. The molecule has 0 atom stereocenters. The van der Waals surface area contributed by atoms with E-state index in [2.05, 4.69) is 17.5 Å². The van der Waals surface area contributed by atoms with Crippen molar-refractivity contribution in [3.8, 4) is 0 Å². The summed E-state index contributed by atoms with van der Waals surface area (Å²) < 4.78 is 0. The highest BCUT2D eigenvalue weighted by atomic mass is 32.1. The zero-order valence-electron chi connectivity index (χ0n) is 12.0. The van der Waals surface area contributed by atoms with Gasteiger partial charge in [-0.05, 0) is 37.1 Å². The molecule has 0 fully saturated rings. The molecule has 1 rings (SSSR count). The second-order valence-electron chi connectivity index (χ2n) is 4.95. The van der Waals surface area contributed by atoms with Crippen molar-refractivity contribution >= 4 is 23.2 Å². The molecule has 0 bridgehead atoms. The van der Waals surface area contributed by atoms with Gasteiger partial charge >= 0.3 is 5.97 Å². The molecule has 0 spiro atoms. The van der Waals surface area contributed by atoms with Crippen molar-refractivity contribution in [3.63, 3.8) is 0 Å². The third-order valence-corrected chi connectivity index (χ3v) is 4.14. The second kappa shape index (κ2) is 9.53. The molecule has 0 saturated carbocycles. The largest absolute Gasteiger partial charge is 0.481 e. The van der Waals surface area contributed by atoms with E-state index in [-0.39, 0.29) is 12.3 Å². The molecular formula is C15H23NO3S. The number of carboxylic acid groups (broad SMARTS) is 1. The number of unbranched alkanes of at least 4 members (excludes halogenated alkanes) is 2. The summed E-state index contributed by atoms with van der Waals surface area (Å²) in [6, 6.07) is 4.21. The van der Waals surface area contributed by atoms with E-state index < -0.39 is 5.97 Å². The van der Waals surface area contributed by atoms with Gasteiger partial charge in [-0.1, -0.05) is 12.5 Å². The average molecular weight is 297 g/mol. The summed E-state index contributed by atoms with van der Waals surface area (Å²) in [7, 11) is 1.75. The maximum absolute atomic E-state index is 11.8. The van der Waals surface area contributed by atoms with Crippen LogP contribution in [0.4, 0.5) is 0 Å². The molecule has 0 saturated heterocycles. The Labute approximate surface area is 124 Å². The fourth-order valence-electron chi connectivity index (χ4n) is 1.99. The van der Waals surface area contributed by atoms with E-state index in [1.807, 2.05) is 0 Å². The van der Waals surface area contributed by atoms with Gasteiger partial charge < -0.3 is 10.0 Å². The minimum absolute atomic E-state index is 0.117. The maximum atomic E-state index is 11.8. The number of aliphatic carboxylic acids is 1. The Hall–Kier alpha value is -1.36. The average Bonchev–Trinajstić information content (AvgIpc) is 2.90. The molecule has 5 heteroatoms. The predicted molar refractivity (Wildman–Crippen MR) is 81.0 cm³/mol. The topological polar surface area (TPSA) is 57.6 Å². The third kappa shape index (κ3) is 7.28. The van der Waals surface area contributed by atoms with Gasteiger partial charge in [0.1, 0.15) is 0 Å². The van der Waals surface area contributed by atoms with E-state index in [1.54, 1.807) is 23.3 Å². The summed E-state index contributed by atoms with van der Waals surface area (Å²) >= 11 is 1.78. The first-order chi connectivity index (χ1) is 9.59. The lowest BCUT2D eigenvalue weighted by molar-refractivity contribution is -0.138. The van der Waals surface area contributed by atoms with Gasteiger partial charge in [-0.3, -0.25) is 9.59 Å². The molecule has 4 nitrogen and oxygen atoms in total. The Morgan fingerprint density at radius 3 is 2.65 bits per heavy atom. The first-order valence-corrected chi connectivity index (χ1v) is 7.95. The third-order valence-electron chi connectivity index (χ3n) is 3.20. The van der Waals surface area contributed by atoms with Crippen molar-refractivity contribution in [2.45, 2.75) is 44.9 Å². The number of hydrogen-bond acceptors (Lipinski definition) is 3. The summed E-state index contributed by atoms with van der Waals surface area (Å²) in [6.07, 6.45) is 5.40. The number of thiophene rings is 1. The quantitative estimate of drug-likeness (QED) is 0.675. The van der Waals surface area contributed by atoms with Crippen LogP contribution in [0.1, 0.15) is 43.4 Å². The molecule has 0 unspecified atom stereocenters. The van der Waals surface area contributed by atoms with Crippen molar-refractivity contribution in [2.24, 2.45) is 0 Å². The number of hydrogen-bond donors (Lipinski definition) is 1. The lowest BCUT2D eigenvalue weighted by Crippen LogP contribution is -2.27. The van der Waals surface area contributed by atoms with E-state index >= 15 is 0 Å². The van der Waals surface area contributed by atoms with Crippen LogP contribution in [-0.2, 0) is 16.0 Å². The van der Waals surface area contributed by atoms with Crippen LogP contribution in [0.3, 0.4) is 0 Å². The number of aryl methyl sites for hydroxylation is 1. The first-order valence-electron chi connectivity index (χ1n) is 7.07. The van der Waals surface area contributed by atoms with Crippen molar-refractivity contribution in [1.29, 1.82) is 0 Å². The zero-order valence-corrected chi connectivity index (χ0v) is 12.8. The van der Waals surface area contributed by atoms with Gasteiger partial charge in [0.25, 0.3) is 0 Å². The van der Waals surface area contributed by atoms with Crippen LogP contribution in [-0.4, -0.2) is 35.5 Å². The van der Waals surface area contributed by atoms with Crippen molar-refractivity contribution < 1.29 is 14.7 Å². The van der Waals surface area contributed by atoms with Crippen LogP contribution >= 0.6 is 11.3 Å². The minimum atomic E-state index is -0.806. The summed E-state index contributed by atoms with van der Waals surface area (Å²) in [4.78, 5) is 25.2. The van der Waals surface area contributed by atoms with E-state index in [9.17, 15) is 9.59 Å². The Balaban J connectivity index is 2.02. The molecule has 1 amide bonds. The Morgan fingerprint density at radius 2 is 2.00 bits per heavy atom. The summed E-state index contributed by atoms with van der Waals surface area (Å²) in [5.74, 6) is -0.689. The zero-order chi connectivity index (χ0) is 14.8. The van der Waals surface area contributed by atoms with Gasteiger partial charge in [0.05, 0.1) is 0 Å². The molecule has 0 aromatic carbocycles. The second-order valence-corrected chi connectivity index (χ2v) is 5.98. The van der Waals surface area contributed by atoms with Crippen LogP contribution in [0.25, 0.3) is 0 Å². The van der Waals surface area contributed by atoms with Crippen LogP contribution in [0, 0.1) is 0 Å². The lowest BCUT2D eigenvalue weighted by Gasteiger charge is -2.16. The molecule has 1 aromatic rings. The van der Waals surface area contributed by atoms with E-state index in [0.717, 1.165) is 25.7 Å². The molecule has 0 aliphatic rings. The smallest absolute Gasteiger partial charge is 0.303 e. The molecular weight excluding hydrogens is 274 g/mol.